The molecule has 0 spiro atoms. The van der Waals surface area contributed by atoms with Crippen molar-refractivity contribution in [1.82, 2.24) is 4.90 Å². The standard InChI is InChI=1S/C15H31NO/c1-6-8-10-16(11-9-7-2)14(3,4)12-15(5)13-17-15/h6-13H2,1-5H3. The van der Waals surface area contributed by atoms with Gasteiger partial charge in [-0.2, -0.15) is 0 Å². The van der Waals surface area contributed by atoms with E-state index in [1.165, 1.54) is 38.8 Å². The van der Waals surface area contributed by atoms with Crippen molar-refractivity contribution in [2.75, 3.05) is 19.7 Å². The van der Waals surface area contributed by atoms with Crippen LogP contribution in [0.25, 0.3) is 0 Å². The van der Waals surface area contributed by atoms with E-state index in [0.717, 1.165) is 13.0 Å². The van der Waals surface area contributed by atoms with Crippen molar-refractivity contribution in [3.05, 3.63) is 0 Å². The first-order chi connectivity index (χ1) is 7.93. The third kappa shape index (κ3) is 4.97. The molecule has 0 N–H and O–H groups in total. The van der Waals surface area contributed by atoms with Gasteiger partial charge in [0, 0.05) is 5.54 Å². The van der Waals surface area contributed by atoms with E-state index in [0.29, 0.717) is 0 Å². The molecule has 0 aliphatic carbocycles. The largest absolute Gasteiger partial charge is 0.370 e. The fraction of sp³-hybridized carbons (Fsp3) is 1.00. The molecule has 1 atom stereocenters. The van der Waals surface area contributed by atoms with Crippen LogP contribution in [0.15, 0.2) is 0 Å². The maximum absolute atomic E-state index is 5.56. The topological polar surface area (TPSA) is 15.8 Å². The van der Waals surface area contributed by atoms with E-state index < -0.39 is 0 Å². The number of unbranched alkanes of at least 4 members (excludes halogenated alkanes) is 2. The summed E-state index contributed by atoms with van der Waals surface area (Å²) in [6.45, 7) is 15.0. The Balaban J connectivity index is 2.51. The molecule has 1 unspecified atom stereocenters. The molecule has 2 nitrogen and oxygen atoms in total. The van der Waals surface area contributed by atoms with Gasteiger partial charge in [-0.15, -0.1) is 0 Å². The van der Waals surface area contributed by atoms with E-state index in [-0.39, 0.29) is 11.1 Å². The Morgan fingerprint density at radius 3 is 1.94 bits per heavy atom. The van der Waals surface area contributed by atoms with Gasteiger partial charge in [0.25, 0.3) is 0 Å². The zero-order valence-electron chi connectivity index (χ0n) is 12.5. The minimum absolute atomic E-state index is 0.167. The molecule has 0 bridgehead atoms. The Kier molecular flexibility index (Phi) is 5.46. The fourth-order valence-electron chi connectivity index (χ4n) is 2.67. The molecular formula is C15H31NO. The highest BCUT2D eigenvalue weighted by Crippen LogP contribution is 2.37. The maximum Gasteiger partial charge on any atom is 0.0906 e. The quantitative estimate of drug-likeness (QED) is 0.570. The van der Waals surface area contributed by atoms with Crippen LogP contribution in [0.1, 0.15) is 66.7 Å². The van der Waals surface area contributed by atoms with Gasteiger partial charge < -0.3 is 4.74 Å². The van der Waals surface area contributed by atoms with E-state index in [1.54, 1.807) is 0 Å². The maximum atomic E-state index is 5.56. The van der Waals surface area contributed by atoms with Crippen LogP contribution in [0.2, 0.25) is 0 Å². The third-order valence-corrected chi connectivity index (χ3v) is 3.86. The van der Waals surface area contributed by atoms with Crippen molar-refractivity contribution in [3.63, 3.8) is 0 Å². The average molecular weight is 241 g/mol. The van der Waals surface area contributed by atoms with Gasteiger partial charge in [0.15, 0.2) is 0 Å². The van der Waals surface area contributed by atoms with E-state index in [9.17, 15) is 0 Å². The summed E-state index contributed by atoms with van der Waals surface area (Å²) in [6.07, 6.45) is 6.35. The van der Waals surface area contributed by atoms with Crippen LogP contribution in [0.5, 0.6) is 0 Å². The third-order valence-electron chi connectivity index (χ3n) is 3.86. The SMILES string of the molecule is CCCCN(CCCC)C(C)(C)CC1(C)CO1. The summed E-state index contributed by atoms with van der Waals surface area (Å²) in [5, 5.41) is 0. The van der Waals surface area contributed by atoms with E-state index in [2.05, 4.69) is 39.5 Å². The molecule has 0 saturated carbocycles. The van der Waals surface area contributed by atoms with Crippen molar-refractivity contribution in [2.45, 2.75) is 77.9 Å². The predicted octanol–water partition coefficient (Wildman–Crippen LogP) is 3.85. The Labute approximate surface area is 108 Å². The van der Waals surface area contributed by atoms with Gasteiger partial charge in [0.1, 0.15) is 0 Å². The number of ether oxygens (including phenoxy) is 1. The fourth-order valence-corrected chi connectivity index (χ4v) is 2.67. The second-order valence-corrected chi connectivity index (χ2v) is 6.42. The van der Waals surface area contributed by atoms with Crippen LogP contribution < -0.4 is 0 Å². The van der Waals surface area contributed by atoms with Gasteiger partial charge in [-0.1, -0.05) is 26.7 Å². The van der Waals surface area contributed by atoms with Gasteiger partial charge >= 0.3 is 0 Å². The molecule has 0 aromatic carbocycles. The normalized spacial score (nSPS) is 24.4. The molecule has 0 aromatic rings. The number of epoxide rings is 1. The van der Waals surface area contributed by atoms with Gasteiger partial charge in [-0.25, -0.2) is 0 Å². The molecule has 2 heteroatoms. The van der Waals surface area contributed by atoms with Crippen molar-refractivity contribution in [1.29, 1.82) is 0 Å². The van der Waals surface area contributed by atoms with Crippen LogP contribution in [-0.4, -0.2) is 35.7 Å². The molecule has 1 aliphatic rings. The second-order valence-electron chi connectivity index (χ2n) is 6.42. The predicted molar refractivity (Wildman–Crippen MR) is 74.4 cm³/mol. The van der Waals surface area contributed by atoms with Crippen molar-refractivity contribution >= 4 is 0 Å². The molecule has 1 heterocycles. The molecule has 1 fully saturated rings. The lowest BCUT2D eigenvalue weighted by Crippen LogP contribution is -2.47. The molecule has 0 radical (unpaired) electrons. The van der Waals surface area contributed by atoms with Crippen LogP contribution in [0.4, 0.5) is 0 Å². The van der Waals surface area contributed by atoms with Gasteiger partial charge in [-0.05, 0) is 53.1 Å². The molecular weight excluding hydrogens is 210 g/mol. The molecule has 1 rings (SSSR count). The average Bonchev–Trinajstić information content (AvgIpc) is 2.94. The van der Waals surface area contributed by atoms with Gasteiger partial charge in [-0.3, -0.25) is 4.90 Å². The molecule has 17 heavy (non-hydrogen) atoms. The Hall–Kier alpha value is -0.0800. The Bertz CT molecular complexity index is 213. The molecule has 0 amide bonds. The first-order valence-electron chi connectivity index (χ1n) is 7.32. The smallest absolute Gasteiger partial charge is 0.0906 e. The van der Waals surface area contributed by atoms with Gasteiger partial charge in [0.2, 0.25) is 0 Å². The van der Waals surface area contributed by atoms with E-state index in [4.69, 9.17) is 4.74 Å². The van der Waals surface area contributed by atoms with Crippen molar-refractivity contribution in [3.8, 4) is 0 Å². The number of rotatable bonds is 9. The summed E-state index contributed by atoms with van der Waals surface area (Å²) in [7, 11) is 0. The highest BCUT2D eigenvalue weighted by Gasteiger charge is 2.45. The minimum atomic E-state index is 0.167. The van der Waals surface area contributed by atoms with Gasteiger partial charge in [0.05, 0.1) is 12.2 Å². The lowest BCUT2D eigenvalue weighted by atomic mass is 9.89. The zero-order valence-corrected chi connectivity index (χ0v) is 12.5. The lowest BCUT2D eigenvalue weighted by molar-refractivity contribution is 0.0823. The first-order valence-corrected chi connectivity index (χ1v) is 7.32. The Morgan fingerprint density at radius 1 is 1.12 bits per heavy atom. The van der Waals surface area contributed by atoms with Crippen molar-refractivity contribution < 1.29 is 4.74 Å². The molecule has 1 aliphatic heterocycles. The van der Waals surface area contributed by atoms with Crippen molar-refractivity contribution in [2.24, 2.45) is 0 Å². The summed E-state index contributed by atoms with van der Waals surface area (Å²) in [4.78, 5) is 2.67. The van der Waals surface area contributed by atoms with E-state index >= 15 is 0 Å². The first kappa shape index (κ1) is 15.0. The minimum Gasteiger partial charge on any atom is -0.370 e. The second kappa shape index (κ2) is 6.19. The zero-order chi connectivity index (χ0) is 12.9. The monoisotopic (exact) mass is 241 g/mol. The summed E-state index contributed by atoms with van der Waals surface area (Å²) in [6, 6.07) is 0. The molecule has 0 aromatic heterocycles. The summed E-state index contributed by atoms with van der Waals surface area (Å²) in [5.74, 6) is 0. The van der Waals surface area contributed by atoms with Crippen LogP contribution in [0, 0.1) is 0 Å². The van der Waals surface area contributed by atoms with Crippen LogP contribution >= 0.6 is 0 Å². The number of hydrogen-bond acceptors (Lipinski definition) is 2. The number of hydrogen-bond donors (Lipinski definition) is 0. The summed E-state index contributed by atoms with van der Waals surface area (Å²) >= 11 is 0. The molecule has 102 valence electrons. The highest BCUT2D eigenvalue weighted by molar-refractivity contribution is 4.96. The number of nitrogens with zero attached hydrogens (tertiary/aromatic N) is 1. The van der Waals surface area contributed by atoms with Crippen LogP contribution in [-0.2, 0) is 4.74 Å². The summed E-state index contributed by atoms with van der Waals surface area (Å²) in [5.41, 5.74) is 0.440. The highest BCUT2D eigenvalue weighted by atomic mass is 16.6. The molecule has 1 saturated heterocycles. The summed E-state index contributed by atoms with van der Waals surface area (Å²) < 4.78 is 5.56. The van der Waals surface area contributed by atoms with Crippen LogP contribution in [0.3, 0.4) is 0 Å². The lowest BCUT2D eigenvalue weighted by Gasteiger charge is -2.40. The van der Waals surface area contributed by atoms with E-state index in [1.807, 2.05) is 0 Å². The Morgan fingerprint density at radius 2 is 1.59 bits per heavy atom.